The summed E-state index contributed by atoms with van der Waals surface area (Å²) in [4.78, 5) is 20.4. The zero-order chi connectivity index (χ0) is 8.57. The topological polar surface area (TPSA) is 34.1 Å². The van der Waals surface area contributed by atoms with Gasteiger partial charge in [0.2, 0.25) is 0 Å². The van der Waals surface area contributed by atoms with Crippen LogP contribution in [0.1, 0.15) is 48.0 Å². The van der Waals surface area contributed by atoms with Crippen molar-refractivity contribution < 1.29 is 14.3 Å². The van der Waals surface area contributed by atoms with Crippen LogP contribution in [0.4, 0.5) is 4.70 Å². The molecule has 0 saturated heterocycles. The molecule has 0 aliphatic carbocycles. The van der Waals surface area contributed by atoms with E-state index in [1.54, 1.807) is 0 Å². The molecule has 0 radical (unpaired) electrons. The molecular weight excluding hydrogens is 159 g/mol. The smallest absolute Gasteiger partial charge is 0.130 e. The van der Waals surface area contributed by atoms with Gasteiger partial charge in [0.25, 0.3) is 0 Å². The lowest BCUT2D eigenvalue weighted by atomic mass is 10.2. The Morgan fingerprint density at radius 3 is 1.17 bits per heavy atom. The lowest BCUT2D eigenvalue weighted by Crippen LogP contribution is -1.95. The van der Waals surface area contributed by atoms with Crippen molar-refractivity contribution in [3.8, 4) is 0 Å². The lowest BCUT2D eigenvalue weighted by molar-refractivity contribution is -0.122. The van der Waals surface area contributed by atoms with Gasteiger partial charge in [0.1, 0.15) is 11.6 Å². The molecule has 0 bridgehead atoms. The third-order valence-electron chi connectivity index (χ3n) is 0.829. The van der Waals surface area contributed by atoms with E-state index in [9.17, 15) is 9.59 Å². The minimum absolute atomic E-state index is 0. The van der Waals surface area contributed by atoms with Crippen molar-refractivity contribution in [2.24, 2.45) is 0 Å². The normalized spacial score (nSPS) is 6.33. The van der Waals surface area contributed by atoms with Gasteiger partial charge in [-0.15, -0.1) is 0 Å². The summed E-state index contributed by atoms with van der Waals surface area (Å²) in [6, 6.07) is 0. The molecule has 0 atom stereocenters. The van der Waals surface area contributed by atoms with Crippen molar-refractivity contribution in [3.63, 3.8) is 0 Å². The number of Topliss-reactive ketones (excluding diaryl/α,β-unsaturated/α-hetero) is 2. The minimum atomic E-state index is 0. The molecule has 0 spiro atoms. The molecule has 76 valence electrons. The van der Waals surface area contributed by atoms with Gasteiger partial charge in [-0.3, -0.25) is 4.70 Å². The average Bonchev–Trinajstić information content (AvgIpc) is 1.89. The first-order valence-electron chi connectivity index (χ1n) is 3.62. The van der Waals surface area contributed by atoms with Crippen LogP contribution in [0.5, 0.6) is 0 Å². The molecule has 0 heterocycles. The molecule has 0 aromatic heterocycles. The Hall–Kier alpha value is -0.730. The standard InChI is InChI=1S/C6H10O2.C2H6.CH4.FH/c1-5(7)3-4-6(2)8;1-2;;/h3-4H2,1-2H3;1-2H3;1H4;1H. The Morgan fingerprint density at radius 1 is 0.917 bits per heavy atom. The molecule has 2 nitrogen and oxygen atoms in total. The van der Waals surface area contributed by atoms with E-state index >= 15 is 0 Å². The van der Waals surface area contributed by atoms with E-state index < -0.39 is 0 Å². The summed E-state index contributed by atoms with van der Waals surface area (Å²) in [5.41, 5.74) is 0. The Labute approximate surface area is 74.7 Å². The van der Waals surface area contributed by atoms with Gasteiger partial charge in [0.15, 0.2) is 0 Å². The second-order valence-corrected chi connectivity index (χ2v) is 1.90. The average molecular weight is 180 g/mol. The van der Waals surface area contributed by atoms with E-state index in [2.05, 4.69) is 0 Å². The van der Waals surface area contributed by atoms with E-state index in [4.69, 9.17) is 0 Å². The second-order valence-electron chi connectivity index (χ2n) is 1.90. The highest BCUT2D eigenvalue weighted by Gasteiger charge is 1.95. The summed E-state index contributed by atoms with van der Waals surface area (Å²) in [7, 11) is 0. The van der Waals surface area contributed by atoms with Crippen molar-refractivity contribution in [2.45, 2.75) is 48.0 Å². The van der Waals surface area contributed by atoms with Crippen LogP contribution in [0.15, 0.2) is 0 Å². The van der Waals surface area contributed by atoms with Crippen LogP contribution >= 0.6 is 0 Å². The van der Waals surface area contributed by atoms with Gasteiger partial charge < -0.3 is 9.59 Å². The van der Waals surface area contributed by atoms with Crippen LogP contribution in [-0.2, 0) is 9.59 Å². The third kappa shape index (κ3) is 34.8. The molecule has 0 aliphatic heterocycles. The largest absolute Gasteiger partial charge is 0.300 e. The van der Waals surface area contributed by atoms with Crippen LogP contribution in [0.25, 0.3) is 0 Å². The molecule has 0 unspecified atom stereocenters. The Kier molecular flexibility index (Phi) is 31.3. The van der Waals surface area contributed by atoms with Crippen molar-refractivity contribution in [1.29, 1.82) is 0 Å². The van der Waals surface area contributed by atoms with Crippen LogP contribution in [0.3, 0.4) is 0 Å². The van der Waals surface area contributed by atoms with E-state index in [0.717, 1.165) is 0 Å². The van der Waals surface area contributed by atoms with E-state index in [-0.39, 0.29) is 23.7 Å². The maximum Gasteiger partial charge on any atom is 0.130 e. The zero-order valence-electron chi connectivity index (χ0n) is 7.64. The molecule has 0 amide bonds. The fourth-order valence-electron chi connectivity index (χ4n) is 0.352. The van der Waals surface area contributed by atoms with E-state index in [1.165, 1.54) is 13.8 Å². The molecular formula is C9H21FO2. The first-order valence-corrected chi connectivity index (χ1v) is 3.62. The maximum atomic E-state index is 10.2. The number of carbonyl (C=O) groups is 2. The van der Waals surface area contributed by atoms with Gasteiger partial charge >= 0.3 is 0 Å². The number of carbonyl (C=O) groups excluding carboxylic acids is 2. The summed E-state index contributed by atoms with van der Waals surface area (Å²) >= 11 is 0. The van der Waals surface area contributed by atoms with Crippen LogP contribution in [-0.4, -0.2) is 11.6 Å². The molecule has 0 aliphatic rings. The Bertz CT molecular complexity index is 97.1. The van der Waals surface area contributed by atoms with Gasteiger partial charge in [-0.25, -0.2) is 0 Å². The number of hydrogen-bond donors (Lipinski definition) is 0. The van der Waals surface area contributed by atoms with Gasteiger partial charge in [0.05, 0.1) is 0 Å². The quantitative estimate of drug-likeness (QED) is 0.669. The Morgan fingerprint density at radius 2 is 1.08 bits per heavy atom. The number of rotatable bonds is 3. The first kappa shape index (κ1) is 22.5. The van der Waals surface area contributed by atoms with E-state index in [1.807, 2.05) is 13.8 Å². The highest BCUT2D eigenvalue weighted by Crippen LogP contribution is 1.89. The molecule has 0 saturated carbocycles. The molecule has 3 heteroatoms. The summed E-state index contributed by atoms with van der Waals surface area (Å²) < 4.78 is 0. The van der Waals surface area contributed by atoms with Crippen molar-refractivity contribution in [1.82, 2.24) is 0 Å². The zero-order valence-corrected chi connectivity index (χ0v) is 7.64. The summed E-state index contributed by atoms with van der Waals surface area (Å²) in [5.74, 6) is 0.167. The third-order valence-corrected chi connectivity index (χ3v) is 0.829. The molecule has 0 aromatic rings. The number of halogens is 1. The predicted octanol–water partition coefficient (Wildman–Crippen LogP) is 2.76. The molecule has 12 heavy (non-hydrogen) atoms. The highest BCUT2D eigenvalue weighted by atomic mass is 19.0. The maximum absolute atomic E-state index is 10.2. The molecule has 0 N–H and O–H groups in total. The molecule has 0 aromatic carbocycles. The van der Waals surface area contributed by atoms with Crippen LogP contribution in [0.2, 0.25) is 0 Å². The van der Waals surface area contributed by atoms with Crippen molar-refractivity contribution in [2.75, 3.05) is 0 Å². The van der Waals surface area contributed by atoms with Gasteiger partial charge in [-0.05, 0) is 13.8 Å². The summed E-state index contributed by atoms with van der Waals surface area (Å²) in [6.45, 7) is 6.98. The fourth-order valence-corrected chi connectivity index (χ4v) is 0.352. The van der Waals surface area contributed by atoms with Gasteiger partial charge in [0, 0.05) is 12.8 Å². The summed E-state index contributed by atoms with van der Waals surface area (Å²) in [6.07, 6.45) is 0.796. The van der Waals surface area contributed by atoms with Gasteiger partial charge in [-0.2, -0.15) is 0 Å². The summed E-state index contributed by atoms with van der Waals surface area (Å²) in [5, 5.41) is 0. The first-order chi connectivity index (χ1) is 4.63. The monoisotopic (exact) mass is 180 g/mol. The predicted molar refractivity (Wildman–Crippen MR) is 51.2 cm³/mol. The highest BCUT2D eigenvalue weighted by molar-refractivity contribution is 5.83. The van der Waals surface area contributed by atoms with Gasteiger partial charge in [-0.1, -0.05) is 21.3 Å². The SMILES string of the molecule is C.CC.CC(=O)CCC(C)=O.F. The van der Waals surface area contributed by atoms with E-state index in [0.29, 0.717) is 12.8 Å². The number of hydrogen-bond acceptors (Lipinski definition) is 2. The number of ketones is 2. The second kappa shape index (κ2) is 16.7. The Balaban J connectivity index is -0.0000000740. The fraction of sp³-hybridized carbons (Fsp3) is 0.778. The lowest BCUT2D eigenvalue weighted by Gasteiger charge is -1.86. The molecule has 0 rings (SSSR count). The van der Waals surface area contributed by atoms with Crippen LogP contribution < -0.4 is 0 Å². The minimum Gasteiger partial charge on any atom is -0.300 e. The van der Waals surface area contributed by atoms with Crippen molar-refractivity contribution >= 4 is 11.6 Å². The van der Waals surface area contributed by atoms with Crippen LogP contribution in [0, 0.1) is 0 Å². The van der Waals surface area contributed by atoms with Crippen molar-refractivity contribution in [3.05, 3.63) is 0 Å². The molecule has 0 fully saturated rings.